The van der Waals surface area contributed by atoms with E-state index < -0.39 is 6.09 Å². The van der Waals surface area contributed by atoms with Crippen molar-refractivity contribution in [2.75, 3.05) is 23.4 Å². The molecular formula is C19H21ClN6O3. The van der Waals surface area contributed by atoms with Gasteiger partial charge in [-0.3, -0.25) is 4.79 Å². The van der Waals surface area contributed by atoms with Crippen LogP contribution in [0, 0.1) is 6.92 Å². The lowest BCUT2D eigenvalue weighted by molar-refractivity contribution is 0.181. The van der Waals surface area contributed by atoms with Crippen LogP contribution in [0.4, 0.5) is 16.7 Å². The van der Waals surface area contributed by atoms with Crippen molar-refractivity contribution in [1.29, 1.82) is 0 Å². The summed E-state index contributed by atoms with van der Waals surface area (Å²) < 4.78 is 4.91. The first-order chi connectivity index (χ1) is 14.0. The predicted molar refractivity (Wildman–Crippen MR) is 112 cm³/mol. The first-order valence-electron chi connectivity index (χ1n) is 9.22. The molecule has 1 aliphatic heterocycles. The Morgan fingerprint density at radius 2 is 2.00 bits per heavy atom. The Balaban J connectivity index is 0.00000117. The van der Waals surface area contributed by atoms with Gasteiger partial charge in [-0.25, -0.2) is 9.69 Å². The molecule has 0 bridgehead atoms. The molecule has 29 heavy (non-hydrogen) atoms. The summed E-state index contributed by atoms with van der Waals surface area (Å²) in [7, 11) is 0. The number of pyridine rings is 1. The summed E-state index contributed by atoms with van der Waals surface area (Å²) in [5.41, 5.74) is 0.996. The number of hydrogen-bond acceptors (Lipinski definition) is 7. The summed E-state index contributed by atoms with van der Waals surface area (Å²) >= 11 is 6.02. The lowest BCUT2D eigenvalue weighted by Gasteiger charge is -2.12. The zero-order valence-corrected chi connectivity index (χ0v) is 17.1. The van der Waals surface area contributed by atoms with Gasteiger partial charge in [0, 0.05) is 28.0 Å². The molecule has 2 N–H and O–H groups in total. The van der Waals surface area contributed by atoms with Crippen LogP contribution < -0.4 is 15.8 Å². The van der Waals surface area contributed by atoms with Crippen LogP contribution in [0.1, 0.15) is 25.2 Å². The van der Waals surface area contributed by atoms with Gasteiger partial charge in [-0.1, -0.05) is 25.4 Å². The molecule has 9 nitrogen and oxygen atoms in total. The number of aromatic amines is 1. The van der Waals surface area contributed by atoms with E-state index in [-0.39, 0.29) is 24.0 Å². The molecule has 1 amide bonds. The maximum atomic E-state index is 12.3. The second-order valence-electron chi connectivity index (χ2n) is 5.98. The van der Waals surface area contributed by atoms with Gasteiger partial charge >= 0.3 is 6.09 Å². The number of H-pyrrole nitrogens is 1. The Bertz CT molecular complexity index is 1100. The number of nitrogens with one attached hydrogen (secondary N) is 2. The molecule has 1 saturated heterocycles. The van der Waals surface area contributed by atoms with E-state index >= 15 is 0 Å². The summed E-state index contributed by atoms with van der Waals surface area (Å²) in [6.45, 7) is 6.57. The number of amides is 1. The van der Waals surface area contributed by atoms with Crippen LogP contribution in [0.3, 0.4) is 0 Å². The van der Waals surface area contributed by atoms with Crippen molar-refractivity contribution < 1.29 is 9.53 Å². The van der Waals surface area contributed by atoms with Gasteiger partial charge in [0.2, 0.25) is 11.9 Å². The fourth-order valence-corrected chi connectivity index (χ4v) is 2.95. The standard InChI is InChI=1S/C17H15ClN6O3.C2H6/c1-9-20-15(23-16(21-9)24-4-5-27-17(24)26)19-8-11-6-10-7-12(18)2-3-13(10)22-14(11)25;1-2/h2-3,6-7H,4-5,8H2,1H3,(H,22,25)(H,19,20,21,23);1-2H3. The number of halogens is 1. The molecule has 1 aliphatic rings. The van der Waals surface area contributed by atoms with Gasteiger partial charge in [-0.2, -0.15) is 15.0 Å². The zero-order chi connectivity index (χ0) is 21.0. The van der Waals surface area contributed by atoms with Crippen LogP contribution in [0.15, 0.2) is 29.1 Å². The van der Waals surface area contributed by atoms with Gasteiger partial charge < -0.3 is 15.0 Å². The molecule has 10 heteroatoms. The van der Waals surface area contributed by atoms with Crippen LogP contribution >= 0.6 is 11.6 Å². The number of cyclic esters (lactones) is 1. The van der Waals surface area contributed by atoms with Crippen molar-refractivity contribution in [3.05, 3.63) is 51.0 Å². The highest BCUT2D eigenvalue weighted by atomic mass is 35.5. The number of ether oxygens (including phenoxy) is 1. The average Bonchev–Trinajstić information content (AvgIpc) is 3.14. The van der Waals surface area contributed by atoms with Gasteiger partial charge in [0.05, 0.1) is 6.54 Å². The SMILES string of the molecule is CC.Cc1nc(NCc2cc3cc(Cl)ccc3[nH]c2=O)nc(N2CCOC2=O)n1. The summed E-state index contributed by atoms with van der Waals surface area (Å²) in [5.74, 6) is 0.927. The number of hydrogen-bond donors (Lipinski definition) is 2. The van der Waals surface area contributed by atoms with Gasteiger partial charge in [0.1, 0.15) is 12.4 Å². The minimum absolute atomic E-state index is 0.200. The summed E-state index contributed by atoms with van der Waals surface area (Å²) in [5, 5.41) is 4.42. The molecule has 0 saturated carbocycles. The third-order valence-electron chi connectivity index (χ3n) is 4.06. The first-order valence-corrected chi connectivity index (χ1v) is 9.60. The van der Waals surface area contributed by atoms with Crippen LogP contribution in [-0.4, -0.2) is 39.2 Å². The Labute approximate surface area is 172 Å². The average molecular weight is 417 g/mol. The Hall–Kier alpha value is -3.20. The zero-order valence-electron chi connectivity index (χ0n) is 16.3. The van der Waals surface area contributed by atoms with Gasteiger partial charge in [-0.15, -0.1) is 0 Å². The molecule has 0 unspecified atom stereocenters. The van der Waals surface area contributed by atoms with Crippen LogP contribution in [0.5, 0.6) is 0 Å². The second kappa shape index (κ2) is 8.87. The Kier molecular flexibility index (Phi) is 6.28. The van der Waals surface area contributed by atoms with Crippen molar-refractivity contribution in [2.24, 2.45) is 0 Å². The molecule has 0 aliphatic carbocycles. The highest BCUT2D eigenvalue weighted by Crippen LogP contribution is 2.18. The minimum atomic E-state index is -0.491. The number of carbonyl (C=O) groups is 1. The monoisotopic (exact) mass is 416 g/mol. The molecular weight excluding hydrogens is 396 g/mol. The Morgan fingerprint density at radius 1 is 1.21 bits per heavy atom. The quantitative estimate of drug-likeness (QED) is 0.670. The Morgan fingerprint density at radius 3 is 2.72 bits per heavy atom. The van der Waals surface area contributed by atoms with Gasteiger partial charge in [0.25, 0.3) is 5.56 Å². The molecule has 3 heterocycles. The molecule has 0 radical (unpaired) electrons. The van der Waals surface area contributed by atoms with Crippen LogP contribution in [0.2, 0.25) is 5.02 Å². The lowest BCUT2D eigenvalue weighted by Crippen LogP contribution is -2.26. The molecule has 1 fully saturated rings. The van der Waals surface area contributed by atoms with Crippen molar-refractivity contribution in [1.82, 2.24) is 19.9 Å². The number of rotatable bonds is 4. The number of fused-ring (bicyclic) bond motifs is 1. The first kappa shape index (κ1) is 20.5. The fraction of sp³-hybridized carbons (Fsp3) is 0.316. The number of nitrogens with zero attached hydrogens (tertiary/aromatic N) is 4. The molecule has 1 aromatic carbocycles. The molecule has 3 aromatic rings. The van der Waals surface area contributed by atoms with Crippen LogP contribution in [-0.2, 0) is 11.3 Å². The number of benzene rings is 1. The smallest absolute Gasteiger partial charge is 0.416 e. The molecule has 4 rings (SSSR count). The van der Waals surface area contributed by atoms with Crippen molar-refractivity contribution in [3.8, 4) is 0 Å². The van der Waals surface area contributed by atoms with E-state index in [9.17, 15) is 9.59 Å². The summed E-state index contributed by atoms with van der Waals surface area (Å²) in [6, 6.07) is 7.02. The fourth-order valence-electron chi connectivity index (χ4n) is 2.77. The molecule has 0 spiro atoms. The van der Waals surface area contributed by atoms with E-state index in [0.29, 0.717) is 35.1 Å². The van der Waals surface area contributed by atoms with Gasteiger partial charge in [0.15, 0.2) is 0 Å². The number of anilines is 2. The minimum Gasteiger partial charge on any atom is -0.447 e. The lowest BCUT2D eigenvalue weighted by atomic mass is 10.1. The van der Waals surface area contributed by atoms with Crippen molar-refractivity contribution in [3.63, 3.8) is 0 Å². The third-order valence-corrected chi connectivity index (χ3v) is 4.29. The highest BCUT2D eigenvalue weighted by molar-refractivity contribution is 6.31. The van der Waals surface area contributed by atoms with E-state index in [1.807, 2.05) is 13.8 Å². The number of aromatic nitrogens is 4. The van der Waals surface area contributed by atoms with E-state index in [2.05, 4.69) is 25.3 Å². The third kappa shape index (κ3) is 4.62. The number of aryl methyl sites for hydroxylation is 1. The molecule has 2 aromatic heterocycles. The van der Waals surface area contributed by atoms with E-state index in [1.54, 1.807) is 31.2 Å². The second-order valence-corrected chi connectivity index (χ2v) is 6.42. The maximum absolute atomic E-state index is 12.3. The molecule has 0 atom stereocenters. The number of carbonyl (C=O) groups excluding carboxylic acids is 1. The normalized spacial score (nSPS) is 13.1. The summed E-state index contributed by atoms with van der Waals surface area (Å²) in [6.07, 6.45) is -0.491. The van der Waals surface area contributed by atoms with Crippen molar-refractivity contribution >= 4 is 40.5 Å². The maximum Gasteiger partial charge on any atom is 0.416 e. The predicted octanol–water partition coefficient (Wildman–Crippen LogP) is 3.27. The van der Waals surface area contributed by atoms with Crippen LogP contribution in [0.25, 0.3) is 10.9 Å². The van der Waals surface area contributed by atoms with E-state index in [0.717, 1.165) is 5.39 Å². The van der Waals surface area contributed by atoms with E-state index in [4.69, 9.17) is 16.3 Å². The summed E-state index contributed by atoms with van der Waals surface area (Å²) in [4.78, 5) is 40.8. The van der Waals surface area contributed by atoms with E-state index in [1.165, 1.54) is 4.90 Å². The topological polar surface area (TPSA) is 113 Å². The highest BCUT2D eigenvalue weighted by Gasteiger charge is 2.26. The van der Waals surface area contributed by atoms with Crippen molar-refractivity contribution in [2.45, 2.75) is 27.3 Å². The van der Waals surface area contributed by atoms with Gasteiger partial charge in [-0.05, 0) is 31.2 Å². The largest absolute Gasteiger partial charge is 0.447 e. The molecule has 152 valence electrons.